The Kier molecular flexibility index (Phi) is 6.08. The number of fused-ring (bicyclic) bond motifs is 1. The summed E-state index contributed by atoms with van der Waals surface area (Å²) in [5.74, 6) is 0.850. The molecule has 156 valence electrons. The summed E-state index contributed by atoms with van der Waals surface area (Å²) >= 11 is 12.7. The van der Waals surface area contributed by atoms with Crippen LogP contribution < -0.4 is 14.8 Å². The van der Waals surface area contributed by atoms with Gasteiger partial charge in [0.05, 0.1) is 22.2 Å². The van der Waals surface area contributed by atoms with Crippen LogP contribution in [-0.4, -0.2) is 47.1 Å². The van der Waals surface area contributed by atoms with Gasteiger partial charge in [-0.15, -0.1) is 0 Å². The Morgan fingerprint density at radius 3 is 2.57 bits per heavy atom. The first-order valence-corrected chi connectivity index (χ1v) is 10.6. The molecule has 1 fully saturated rings. The lowest BCUT2D eigenvalue weighted by Crippen LogP contribution is -2.41. The van der Waals surface area contributed by atoms with Gasteiger partial charge in [0, 0.05) is 24.2 Å². The Labute approximate surface area is 186 Å². The zero-order chi connectivity index (χ0) is 21.3. The molecule has 4 rings (SSSR count). The molecule has 2 aliphatic rings. The fourth-order valence-corrected chi connectivity index (χ4v) is 4.10. The third kappa shape index (κ3) is 4.50. The largest absolute Gasteiger partial charge is 0.492 e. The van der Waals surface area contributed by atoms with Gasteiger partial charge in [-0.05, 0) is 23.8 Å². The van der Waals surface area contributed by atoms with E-state index in [-0.39, 0.29) is 29.6 Å². The van der Waals surface area contributed by atoms with Crippen molar-refractivity contribution in [3.8, 4) is 11.5 Å². The number of nitrogens with zero attached hydrogens (tertiary/aromatic N) is 1. The van der Waals surface area contributed by atoms with Crippen LogP contribution in [0, 0.1) is 0 Å². The number of nitrogens with one attached hydrogen (secondary N) is 1. The highest BCUT2D eigenvalue weighted by atomic mass is 35.5. The fraction of sp³-hybridized carbons (Fsp3) is 0.250. The van der Waals surface area contributed by atoms with Crippen LogP contribution in [0.5, 0.6) is 11.5 Å². The van der Waals surface area contributed by atoms with Gasteiger partial charge >= 0.3 is 0 Å². The number of thioether (sulfide) groups is 1. The van der Waals surface area contributed by atoms with Crippen LogP contribution in [0.25, 0.3) is 0 Å². The quantitative estimate of drug-likeness (QED) is 0.697. The maximum atomic E-state index is 12.6. The zero-order valence-corrected chi connectivity index (χ0v) is 17.9. The van der Waals surface area contributed by atoms with Crippen LogP contribution in [0.1, 0.15) is 15.9 Å². The lowest BCUT2D eigenvalue weighted by molar-refractivity contribution is -0.112. The second-order valence-electron chi connectivity index (χ2n) is 6.71. The van der Waals surface area contributed by atoms with Crippen LogP contribution in [-0.2, 0) is 11.2 Å². The lowest BCUT2D eigenvalue weighted by atomic mass is 10.1. The zero-order valence-electron chi connectivity index (χ0n) is 15.5. The van der Waals surface area contributed by atoms with Gasteiger partial charge in [-0.3, -0.25) is 14.4 Å². The Morgan fingerprint density at radius 2 is 1.87 bits per heavy atom. The minimum atomic E-state index is -0.495. The summed E-state index contributed by atoms with van der Waals surface area (Å²) in [5.41, 5.74) is 1.28. The van der Waals surface area contributed by atoms with Gasteiger partial charge in [-0.2, -0.15) is 0 Å². The van der Waals surface area contributed by atoms with Crippen molar-refractivity contribution in [1.82, 2.24) is 10.2 Å². The molecule has 0 bridgehead atoms. The molecule has 2 aromatic carbocycles. The molecule has 2 amide bonds. The second-order valence-corrected chi connectivity index (χ2v) is 8.50. The summed E-state index contributed by atoms with van der Waals surface area (Å²) in [4.78, 5) is 37.1. The van der Waals surface area contributed by atoms with E-state index in [9.17, 15) is 14.4 Å². The Morgan fingerprint density at radius 1 is 1.13 bits per heavy atom. The molecular formula is C20H16Cl2N2O5S. The van der Waals surface area contributed by atoms with Crippen LogP contribution in [0.3, 0.4) is 0 Å². The third-order valence-electron chi connectivity index (χ3n) is 4.68. The average Bonchev–Trinajstić information content (AvgIpc) is 3.03. The first-order valence-electron chi connectivity index (χ1n) is 9.06. The molecule has 1 unspecified atom stereocenters. The maximum absolute atomic E-state index is 12.6. The number of halogens is 2. The van der Waals surface area contributed by atoms with Gasteiger partial charge in [0.15, 0.2) is 6.73 Å². The van der Waals surface area contributed by atoms with Crippen LogP contribution in [0.2, 0.25) is 10.0 Å². The third-order valence-corrected chi connectivity index (χ3v) is 6.19. The predicted octanol–water partition coefficient (Wildman–Crippen LogP) is 3.76. The highest BCUT2D eigenvalue weighted by Crippen LogP contribution is 2.33. The van der Waals surface area contributed by atoms with Gasteiger partial charge in [-0.25, -0.2) is 0 Å². The Hall–Kier alpha value is -2.42. The van der Waals surface area contributed by atoms with Crippen molar-refractivity contribution < 1.29 is 23.9 Å². The summed E-state index contributed by atoms with van der Waals surface area (Å²) in [5, 5.41) is 2.78. The monoisotopic (exact) mass is 466 g/mol. The highest BCUT2D eigenvalue weighted by Gasteiger charge is 2.31. The molecule has 0 saturated carbocycles. The fourth-order valence-electron chi connectivity index (χ4n) is 3.12. The molecule has 2 aromatic rings. The number of benzene rings is 2. The molecule has 0 aliphatic carbocycles. The van der Waals surface area contributed by atoms with Crippen LogP contribution in [0.15, 0.2) is 36.4 Å². The minimum absolute atomic E-state index is 0.102. The molecule has 2 heterocycles. The predicted molar refractivity (Wildman–Crippen MR) is 114 cm³/mol. The lowest BCUT2D eigenvalue weighted by Gasteiger charge is -2.29. The van der Waals surface area contributed by atoms with E-state index in [1.807, 2.05) is 12.1 Å². The summed E-state index contributed by atoms with van der Waals surface area (Å²) in [6.07, 6.45) is 0.434. The van der Waals surface area contributed by atoms with Crippen molar-refractivity contribution in [2.24, 2.45) is 0 Å². The topological polar surface area (TPSA) is 84.9 Å². The maximum Gasteiger partial charge on any atom is 0.287 e. The van der Waals surface area contributed by atoms with Gasteiger partial charge in [0.25, 0.3) is 11.1 Å². The van der Waals surface area contributed by atoms with Crippen molar-refractivity contribution in [2.45, 2.75) is 12.5 Å². The van der Waals surface area contributed by atoms with Crippen molar-refractivity contribution >= 4 is 51.2 Å². The Balaban J connectivity index is 1.29. The average molecular weight is 467 g/mol. The van der Waals surface area contributed by atoms with Gasteiger partial charge in [0.1, 0.15) is 24.1 Å². The standard InChI is InChI=1S/C20H16Cl2N2O5S/c21-14-8-13-17(9-15(14)22)29-10-24(18(13)25)5-6-28-12-3-1-11(2-4-12)7-16-19(26)30-20(27)23-16/h1-4,8-9,16H,5-7,10H2,(H,23,27). The van der Waals surface area contributed by atoms with Crippen molar-refractivity contribution in [2.75, 3.05) is 19.9 Å². The number of amides is 2. The summed E-state index contributed by atoms with van der Waals surface area (Å²) in [7, 11) is 0. The molecule has 10 heteroatoms. The van der Waals surface area contributed by atoms with E-state index in [4.69, 9.17) is 32.7 Å². The SMILES string of the molecule is O=C1NC(Cc2ccc(OCCN3COc4cc(Cl)c(Cl)cc4C3=O)cc2)C(=O)S1. The van der Waals surface area contributed by atoms with E-state index >= 15 is 0 Å². The van der Waals surface area contributed by atoms with Gasteiger partial charge in [0.2, 0.25) is 5.12 Å². The molecule has 7 nitrogen and oxygen atoms in total. The first-order chi connectivity index (χ1) is 14.4. The van der Waals surface area contributed by atoms with E-state index in [1.165, 1.54) is 17.0 Å². The molecule has 0 aromatic heterocycles. The second kappa shape index (κ2) is 8.75. The van der Waals surface area contributed by atoms with Crippen LogP contribution in [0.4, 0.5) is 4.79 Å². The molecule has 1 atom stereocenters. The summed E-state index contributed by atoms with van der Waals surface area (Å²) < 4.78 is 11.3. The Bertz CT molecular complexity index is 1020. The molecular weight excluding hydrogens is 451 g/mol. The number of ether oxygens (including phenoxy) is 2. The molecule has 0 spiro atoms. The number of hydrogen-bond donors (Lipinski definition) is 1. The first kappa shape index (κ1) is 20.8. The normalized spacial score (nSPS) is 18.1. The summed E-state index contributed by atoms with van der Waals surface area (Å²) in [6, 6.07) is 9.80. The number of carbonyl (C=O) groups excluding carboxylic acids is 3. The van der Waals surface area contributed by atoms with Gasteiger partial charge in [-0.1, -0.05) is 35.3 Å². The number of hydrogen-bond acceptors (Lipinski definition) is 6. The number of carbonyl (C=O) groups is 3. The minimum Gasteiger partial charge on any atom is -0.492 e. The van der Waals surface area contributed by atoms with Crippen molar-refractivity contribution in [3.63, 3.8) is 0 Å². The van der Waals surface area contributed by atoms with E-state index in [1.54, 1.807) is 12.1 Å². The van der Waals surface area contributed by atoms with Crippen molar-refractivity contribution in [3.05, 3.63) is 57.6 Å². The number of rotatable bonds is 6. The summed E-state index contributed by atoms with van der Waals surface area (Å²) in [6.45, 7) is 0.713. The van der Waals surface area contributed by atoms with E-state index in [0.717, 1.165) is 5.56 Å². The van der Waals surface area contributed by atoms with Gasteiger partial charge < -0.3 is 19.7 Å². The van der Waals surface area contributed by atoms with Crippen LogP contribution >= 0.6 is 35.0 Å². The molecule has 1 N–H and O–H groups in total. The smallest absolute Gasteiger partial charge is 0.287 e. The molecule has 30 heavy (non-hydrogen) atoms. The molecule has 1 saturated heterocycles. The van der Waals surface area contributed by atoms with E-state index < -0.39 is 6.04 Å². The highest BCUT2D eigenvalue weighted by molar-refractivity contribution is 8.26. The molecule has 0 radical (unpaired) electrons. The molecule has 2 aliphatic heterocycles. The van der Waals surface area contributed by atoms with E-state index in [2.05, 4.69) is 5.32 Å². The van der Waals surface area contributed by atoms with E-state index in [0.29, 0.717) is 51.8 Å². The van der Waals surface area contributed by atoms with Crippen molar-refractivity contribution in [1.29, 1.82) is 0 Å².